The van der Waals surface area contributed by atoms with Crippen molar-refractivity contribution in [1.29, 1.82) is 0 Å². The average Bonchev–Trinajstić information content (AvgIpc) is 2.66. The minimum Gasteiger partial charge on any atom is -0.497 e. The largest absolute Gasteiger partial charge is 0.497 e. The molecule has 0 aliphatic heterocycles. The number of hydrogen-bond acceptors (Lipinski definition) is 5. The molecule has 0 bridgehead atoms. The maximum absolute atomic E-state index is 13.1. The fraction of sp³-hybridized carbons (Fsp3) is 0.222. The highest BCUT2D eigenvalue weighted by atomic mass is 35.5. The third kappa shape index (κ3) is 5.29. The second kappa shape index (κ2) is 8.83. The Balaban J connectivity index is 2.17. The molecular weight excluding hydrogens is 403 g/mol. The Morgan fingerprint density at radius 1 is 1.11 bits per heavy atom. The Labute approximate surface area is 163 Å². The van der Waals surface area contributed by atoms with E-state index in [2.05, 4.69) is 10.1 Å². The van der Waals surface area contributed by atoms with E-state index in [0.717, 1.165) is 6.07 Å². The van der Waals surface area contributed by atoms with Gasteiger partial charge in [-0.3, -0.25) is 4.79 Å². The molecule has 0 aliphatic carbocycles. The van der Waals surface area contributed by atoms with Gasteiger partial charge in [0.05, 0.1) is 25.5 Å². The number of nitrogens with one attached hydrogen (secondary N) is 1. The van der Waals surface area contributed by atoms with E-state index in [1.807, 2.05) is 0 Å². The van der Waals surface area contributed by atoms with Crippen LogP contribution in [0.5, 0.6) is 11.5 Å². The van der Waals surface area contributed by atoms with Gasteiger partial charge in [0.2, 0.25) is 0 Å². The molecule has 6 nitrogen and oxygen atoms in total. The van der Waals surface area contributed by atoms with Gasteiger partial charge in [-0.2, -0.15) is 13.2 Å². The van der Waals surface area contributed by atoms with Crippen molar-refractivity contribution in [2.24, 2.45) is 0 Å². The molecule has 0 atom stereocenters. The van der Waals surface area contributed by atoms with E-state index in [1.54, 1.807) is 0 Å². The van der Waals surface area contributed by atoms with Gasteiger partial charge >= 0.3 is 12.1 Å². The number of carbonyl (C=O) groups excluding carboxylic acids is 2. The Hall–Kier alpha value is -2.94. The zero-order valence-electron chi connectivity index (χ0n) is 14.7. The minimum absolute atomic E-state index is 0.0199. The van der Waals surface area contributed by atoms with Gasteiger partial charge in [-0.1, -0.05) is 11.6 Å². The van der Waals surface area contributed by atoms with Crippen LogP contribution >= 0.6 is 11.6 Å². The molecule has 1 N–H and O–H groups in total. The van der Waals surface area contributed by atoms with Crippen LogP contribution in [0.1, 0.15) is 15.9 Å². The number of methoxy groups -OCH3 is 2. The Morgan fingerprint density at radius 3 is 2.43 bits per heavy atom. The van der Waals surface area contributed by atoms with Crippen LogP contribution in [-0.4, -0.2) is 32.7 Å². The first-order chi connectivity index (χ1) is 13.2. The van der Waals surface area contributed by atoms with Gasteiger partial charge < -0.3 is 19.5 Å². The average molecular weight is 418 g/mol. The molecule has 0 radical (unpaired) electrons. The number of benzene rings is 2. The molecule has 2 aromatic carbocycles. The highest BCUT2D eigenvalue weighted by Gasteiger charge is 2.34. The van der Waals surface area contributed by atoms with E-state index < -0.39 is 35.9 Å². The van der Waals surface area contributed by atoms with Gasteiger partial charge in [-0.25, -0.2) is 4.79 Å². The smallest absolute Gasteiger partial charge is 0.418 e. The van der Waals surface area contributed by atoms with Crippen molar-refractivity contribution in [3.63, 3.8) is 0 Å². The number of ether oxygens (including phenoxy) is 3. The normalized spacial score (nSPS) is 10.9. The van der Waals surface area contributed by atoms with Crippen molar-refractivity contribution >= 4 is 29.2 Å². The molecule has 150 valence electrons. The van der Waals surface area contributed by atoms with Crippen LogP contribution in [0, 0.1) is 0 Å². The number of hydrogen-bond donors (Lipinski definition) is 1. The van der Waals surface area contributed by atoms with Crippen molar-refractivity contribution in [1.82, 2.24) is 0 Å². The second-order valence-corrected chi connectivity index (χ2v) is 5.81. The summed E-state index contributed by atoms with van der Waals surface area (Å²) in [7, 11) is 2.56. The molecule has 1 amide bonds. The monoisotopic (exact) mass is 417 g/mol. The number of esters is 1. The summed E-state index contributed by atoms with van der Waals surface area (Å²) in [4.78, 5) is 23.8. The summed E-state index contributed by atoms with van der Waals surface area (Å²) >= 11 is 5.60. The van der Waals surface area contributed by atoms with Crippen LogP contribution in [0.25, 0.3) is 0 Å². The van der Waals surface area contributed by atoms with Crippen molar-refractivity contribution < 1.29 is 37.0 Å². The number of carbonyl (C=O) groups is 2. The predicted molar refractivity (Wildman–Crippen MR) is 94.9 cm³/mol. The second-order valence-electron chi connectivity index (χ2n) is 5.38. The molecule has 0 aromatic heterocycles. The van der Waals surface area contributed by atoms with Gasteiger partial charge in [0.15, 0.2) is 6.61 Å². The zero-order valence-corrected chi connectivity index (χ0v) is 15.5. The Bertz CT molecular complexity index is 886. The SMILES string of the molecule is COC(=O)c1ccc(OC)cc1OCC(=O)Nc1ccc(Cl)cc1C(F)(F)F. The first kappa shape index (κ1) is 21.4. The van der Waals surface area contributed by atoms with Gasteiger partial charge in [0, 0.05) is 11.1 Å². The molecule has 0 spiro atoms. The van der Waals surface area contributed by atoms with Crippen molar-refractivity contribution in [2.45, 2.75) is 6.18 Å². The highest BCUT2D eigenvalue weighted by molar-refractivity contribution is 6.30. The van der Waals surface area contributed by atoms with Crippen LogP contribution in [-0.2, 0) is 15.7 Å². The van der Waals surface area contributed by atoms with Gasteiger partial charge in [0.1, 0.15) is 17.1 Å². The molecule has 0 heterocycles. The molecule has 0 fully saturated rings. The lowest BCUT2D eigenvalue weighted by Gasteiger charge is -2.15. The summed E-state index contributed by atoms with van der Waals surface area (Å²) in [6.45, 7) is -0.656. The number of halogens is 4. The van der Waals surface area contributed by atoms with Crippen LogP contribution < -0.4 is 14.8 Å². The molecule has 0 saturated heterocycles. The van der Waals surface area contributed by atoms with E-state index in [-0.39, 0.29) is 16.3 Å². The molecular formula is C18H15ClF3NO5. The lowest BCUT2D eigenvalue weighted by molar-refractivity contribution is -0.137. The van der Waals surface area contributed by atoms with Crippen LogP contribution in [0.3, 0.4) is 0 Å². The van der Waals surface area contributed by atoms with E-state index in [0.29, 0.717) is 11.8 Å². The lowest BCUT2D eigenvalue weighted by atomic mass is 10.1. The van der Waals surface area contributed by atoms with E-state index in [4.69, 9.17) is 21.1 Å². The van der Waals surface area contributed by atoms with Crippen molar-refractivity contribution in [3.05, 3.63) is 52.5 Å². The molecule has 0 aliphatic rings. The van der Waals surface area contributed by atoms with E-state index >= 15 is 0 Å². The fourth-order valence-electron chi connectivity index (χ4n) is 2.22. The topological polar surface area (TPSA) is 73.9 Å². The summed E-state index contributed by atoms with van der Waals surface area (Å²) in [5, 5.41) is 1.99. The molecule has 28 heavy (non-hydrogen) atoms. The summed E-state index contributed by atoms with van der Waals surface area (Å²) in [5.74, 6) is -1.25. The first-order valence-corrected chi connectivity index (χ1v) is 8.09. The Morgan fingerprint density at radius 2 is 1.82 bits per heavy atom. The fourth-order valence-corrected chi connectivity index (χ4v) is 2.39. The molecule has 2 rings (SSSR count). The first-order valence-electron chi connectivity index (χ1n) is 7.71. The summed E-state index contributed by atoms with van der Waals surface area (Å²) in [5.41, 5.74) is -1.53. The molecule has 0 saturated carbocycles. The van der Waals surface area contributed by atoms with Crippen LogP contribution in [0.2, 0.25) is 5.02 Å². The molecule has 10 heteroatoms. The maximum Gasteiger partial charge on any atom is 0.418 e. The summed E-state index contributed by atoms with van der Waals surface area (Å²) < 4.78 is 54.2. The summed E-state index contributed by atoms with van der Waals surface area (Å²) in [6.07, 6.45) is -4.71. The van der Waals surface area contributed by atoms with Gasteiger partial charge in [-0.15, -0.1) is 0 Å². The van der Waals surface area contributed by atoms with E-state index in [1.165, 1.54) is 38.5 Å². The molecule has 0 unspecified atom stereocenters. The molecule has 2 aromatic rings. The maximum atomic E-state index is 13.1. The third-order valence-corrected chi connectivity index (χ3v) is 3.75. The highest BCUT2D eigenvalue weighted by Crippen LogP contribution is 2.36. The van der Waals surface area contributed by atoms with Crippen LogP contribution in [0.15, 0.2) is 36.4 Å². The van der Waals surface area contributed by atoms with Crippen LogP contribution in [0.4, 0.5) is 18.9 Å². The van der Waals surface area contributed by atoms with Crippen molar-refractivity contribution in [3.8, 4) is 11.5 Å². The zero-order chi connectivity index (χ0) is 20.9. The number of amides is 1. The van der Waals surface area contributed by atoms with Gasteiger partial charge in [0.25, 0.3) is 5.91 Å². The minimum atomic E-state index is -4.71. The number of alkyl halides is 3. The number of rotatable bonds is 6. The standard InChI is InChI=1S/C18H15ClF3NO5/c1-26-11-4-5-12(17(25)27-2)15(8-11)28-9-16(24)23-14-6-3-10(19)7-13(14)18(20,21)22/h3-8H,9H2,1-2H3,(H,23,24). The number of anilines is 1. The Kier molecular flexibility index (Phi) is 6.74. The van der Waals surface area contributed by atoms with Crippen molar-refractivity contribution in [2.75, 3.05) is 26.1 Å². The lowest BCUT2D eigenvalue weighted by Crippen LogP contribution is -2.23. The van der Waals surface area contributed by atoms with Gasteiger partial charge in [-0.05, 0) is 30.3 Å². The third-order valence-electron chi connectivity index (χ3n) is 3.51. The quantitative estimate of drug-likeness (QED) is 0.714. The predicted octanol–water partition coefficient (Wildman–Crippen LogP) is 4.17. The summed E-state index contributed by atoms with van der Waals surface area (Å²) in [6, 6.07) is 7.17. The van der Waals surface area contributed by atoms with E-state index in [9.17, 15) is 22.8 Å².